The number of hydrogen-bond donors (Lipinski definition) is 0. The zero-order valence-corrected chi connectivity index (χ0v) is 14.0. The van der Waals surface area contributed by atoms with Crippen LogP contribution in [0.3, 0.4) is 0 Å². The molecule has 0 radical (unpaired) electrons. The minimum absolute atomic E-state index is 0.0162. The normalized spacial score (nSPS) is 15.3. The van der Waals surface area contributed by atoms with Crippen molar-refractivity contribution >= 4 is 18.1 Å². The number of carbonyl (C=O) groups is 2. The summed E-state index contributed by atoms with van der Waals surface area (Å²) in [4.78, 5) is 28.0. The topological polar surface area (TPSA) is 49.9 Å². The summed E-state index contributed by atoms with van der Waals surface area (Å²) in [6, 6.07) is 7.39. The van der Waals surface area contributed by atoms with Gasteiger partial charge in [-0.1, -0.05) is 24.8 Å². The smallest absolute Gasteiger partial charge is 0.410 e. The maximum atomic E-state index is 12.5. The van der Waals surface area contributed by atoms with Crippen LogP contribution in [0.15, 0.2) is 30.8 Å². The molecule has 1 aliphatic heterocycles. The highest BCUT2D eigenvalue weighted by Crippen LogP contribution is 2.14. The summed E-state index contributed by atoms with van der Waals surface area (Å²) >= 11 is 0. The highest BCUT2D eigenvalue weighted by molar-refractivity contribution is 5.95. The third-order valence-corrected chi connectivity index (χ3v) is 3.59. The number of rotatable bonds is 2. The van der Waals surface area contributed by atoms with Crippen LogP contribution in [0.1, 0.15) is 36.7 Å². The fourth-order valence-corrected chi connectivity index (χ4v) is 2.40. The van der Waals surface area contributed by atoms with E-state index >= 15 is 0 Å². The fourth-order valence-electron chi connectivity index (χ4n) is 2.40. The van der Waals surface area contributed by atoms with E-state index in [1.807, 2.05) is 39.0 Å². The molecule has 0 saturated carbocycles. The molecule has 0 aliphatic carbocycles. The van der Waals surface area contributed by atoms with Gasteiger partial charge in [-0.25, -0.2) is 4.79 Å². The molecule has 5 heteroatoms. The molecule has 1 heterocycles. The van der Waals surface area contributed by atoms with Gasteiger partial charge < -0.3 is 14.5 Å². The van der Waals surface area contributed by atoms with E-state index in [-0.39, 0.29) is 12.0 Å². The average molecular weight is 316 g/mol. The summed E-state index contributed by atoms with van der Waals surface area (Å²) in [6.07, 6.45) is 1.40. The average Bonchev–Trinajstić information content (AvgIpc) is 2.53. The molecular weight excluding hydrogens is 292 g/mol. The van der Waals surface area contributed by atoms with Crippen molar-refractivity contribution in [2.75, 3.05) is 26.2 Å². The van der Waals surface area contributed by atoms with Crippen molar-refractivity contribution < 1.29 is 14.3 Å². The zero-order chi connectivity index (χ0) is 17.0. The number of amides is 2. The number of carbonyl (C=O) groups excluding carboxylic acids is 2. The second-order valence-electron chi connectivity index (χ2n) is 6.59. The molecule has 5 nitrogen and oxygen atoms in total. The van der Waals surface area contributed by atoms with Gasteiger partial charge >= 0.3 is 6.09 Å². The molecule has 1 aromatic carbocycles. The first-order valence-corrected chi connectivity index (χ1v) is 7.80. The van der Waals surface area contributed by atoms with E-state index in [9.17, 15) is 9.59 Å². The monoisotopic (exact) mass is 316 g/mol. The van der Waals surface area contributed by atoms with Crippen molar-refractivity contribution in [3.05, 3.63) is 42.0 Å². The predicted molar refractivity (Wildman–Crippen MR) is 90.2 cm³/mol. The van der Waals surface area contributed by atoms with Gasteiger partial charge in [0.15, 0.2) is 0 Å². The predicted octanol–water partition coefficient (Wildman–Crippen LogP) is 3.02. The lowest BCUT2D eigenvalue weighted by Gasteiger charge is -2.35. The van der Waals surface area contributed by atoms with Crippen LogP contribution in [-0.4, -0.2) is 53.6 Å². The van der Waals surface area contributed by atoms with E-state index in [2.05, 4.69) is 6.58 Å². The van der Waals surface area contributed by atoms with Crippen molar-refractivity contribution in [1.29, 1.82) is 0 Å². The van der Waals surface area contributed by atoms with Crippen molar-refractivity contribution in [2.45, 2.75) is 26.4 Å². The molecular formula is C18H24N2O3. The molecule has 23 heavy (non-hydrogen) atoms. The number of hydrogen-bond acceptors (Lipinski definition) is 3. The second kappa shape index (κ2) is 6.86. The lowest BCUT2D eigenvalue weighted by molar-refractivity contribution is 0.0141. The summed E-state index contributed by atoms with van der Waals surface area (Å²) in [7, 11) is 0. The van der Waals surface area contributed by atoms with Crippen LogP contribution in [-0.2, 0) is 4.74 Å². The molecule has 0 spiro atoms. The van der Waals surface area contributed by atoms with Gasteiger partial charge in [0.2, 0.25) is 0 Å². The minimum Gasteiger partial charge on any atom is -0.444 e. The van der Waals surface area contributed by atoms with Crippen LogP contribution in [0.4, 0.5) is 4.79 Å². The first-order valence-electron chi connectivity index (χ1n) is 7.80. The molecule has 1 saturated heterocycles. The Hall–Kier alpha value is -2.30. The lowest BCUT2D eigenvalue weighted by Crippen LogP contribution is -2.51. The van der Waals surface area contributed by atoms with Gasteiger partial charge in [-0.05, 0) is 38.5 Å². The number of nitrogens with zero attached hydrogens (tertiary/aromatic N) is 2. The maximum absolute atomic E-state index is 12.5. The van der Waals surface area contributed by atoms with Crippen LogP contribution in [0.2, 0.25) is 0 Å². The minimum atomic E-state index is -0.505. The van der Waals surface area contributed by atoms with E-state index in [0.29, 0.717) is 31.7 Å². The molecule has 0 aromatic heterocycles. The molecule has 124 valence electrons. The third kappa shape index (κ3) is 4.58. The largest absolute Gasteiger partial charge is 0.444 e. The Balaban J connectivity index is 1.94. The summed E-state index contributed by atoms with van der Waals surface area (Å²) in [5.41, 5.74) is 1.06. The van der Waals surface area contributed by atoms with Gasteiger partial charge in [-0.15, -0.1) is 0 Å². The van der Waals surface area contributed by atoms with E-state index < -0.39 is 5.60 Å². The first-order chi connectivity index (χ1) is 10.8. The van der Waals surface area contributed by atoms with E-state index in [4.69, 9.17) is 4.74 Å². The van der Waals surface area contributed by atoms with Crippen LogP contribution < -0.4 is 0 Å². The van der Waals surface area contributed by atoms with Gasteiger partial charge in [-0.3, -0.25) is 4.79 Å². The summed E-state index contributed by atoms with van der Waals surface area (Å²) in [5, 5.41) is 0. The molecule has 1 aromatic rings. The molecule has 2 rings (SSSR count). The SMILES string of the molecule is C=Cc1cccc(C(=O)N2CCN(C(=O)OC(C)(C)C)CC2)c1. The molecule has 0 unspecified atom stereocenters. The second-order valence-corrected chi connectivity index (χ2v) is 6.59. The van der Waals surface area contributed by atoms with E-state index in [1.165, 1.54) is 0 Å². The van der Waals surface area contributed by atoms with E-state index in [1.54, 1.807) is 21.9 Å². The summed E-state index contributed by atoms with van der Waals surface area (Å²) in [5.74, 6) is -0.0162. The molecule has 0 N–H and O–H groups in total. The third-order valence-electron chi connectivity index (χ3n) is 3.59. The van der Waals surface area contributed by atoms with Crippen molar-refractivity contribution in [3.8, 4) is 0 Å². The van der Waals surface area contributed by atoms with Gasteiger partial charge in [0, 0.05) is 31.7 Å². The summed E-state index contributed by atoms with van der Waals surface area (Å²) < 4.78 is 5.36. The molecule has 2 amide bonds. The lowest BCUT2D eigenvalue weighted by atomic mass is 10.1. The van der Waals surface area contributed by atoms with Crippen molar-refractivity contribution in [3.63, 3.8) is 0 Å². The van der Waals surface area contributed by atoms with Gasteiger partial charge in [0.1, 0.15) is 5.60 Å². The number of benzene rings is 1. The molecule has 1 aliphatic rings. The Morgan fingerprint density at radius 2 is 1.74 bits per heavy atom. The van der Waals surface area contributed by atoms with Crippen molar-refractivity contribution in [1.82, 2.24) is 9.80 Å². The Morgan fingerprint density at radius 1 is 1.13 bits per heavy atom. The van der Waals surface area contributed by atoms with Crippen LogP contribution >= 0.6 is 0 Å². The van der Waals surface area contributed by atoms with Gasteiger partial charge in [0.05, 0.1) is 0 Å². The van der Waals surface area contributed by atoms with E-state index in [0.717, 1.165) is 5.56 Å². The Morgan fingerprint density at radius 3 is 2.30 bits per heavy atom. The van der Waals surface area contributed by atoms with Crippen LogP contribution in [0, 0.1) is 0 Å². The molecule has 1 fully saturated rings. The molecule has 0 atom stereocenters. The zero-order valence-electron chi connectivity index (χ0n) is 14.0. The Kier molecular flexibility index (Phi) is 5.08. The Labute approximate surface area is 137 Å². The number of ether oxygens (including phenoxy) is 1. The summed E-state index contributed by atoms with van der Waals surface area (Å²) in [6.45, 7) is 11.2. The quantitative estimate of drug-likeness (QED) is 0.842. The highest BCUT2D eigenvalue weighted by Gasteiger charge is 2.28. The van der Waals surface area contributed by atoms with Gasteiger partial charge in [0.25, 0.3) is 5.91 Å². The maximum Gasteiger partial charge on any atom is 0.410 e. The standard InChI is InChI=1S/C18H24N2O3/c1-5-14-7-6-8-15(13-14)16(21)19-9-11-20(12-10-19)17(22)23-18(2,3)4/h5-8,13H,1,9-12H2,2-4H3. The Bertz CT molecular complexity index is 597. The number of piperazine rings is 1. The van der Waals surface area contributed by atoms with Crippen molar-refractivity contribution in [2.24, 2.45) is 0 Å². The van der Waals surface area contributed by atoms with Gasteiger partial charge in [-0.2, -0.15) is 0 Å². The highest BCUT2D eigenvalue weighted by atomic mass is 16.6. The first kappa shape index (κ1) is 17.1. The van der Waals surface area contributed by atoms with Crippen LogP contribution in [0.5, 0.6) is 0 Å². The molecule has 0 bridgehead atoms. The van der Waals surface area contributed by atoms with Crippen LogP contribution in [0.25, 0.3) is 6.08 Å². The fraction of sp³-hybridized carbons (Fsp3) is 0.444.